The quantitative estimate of drug-likeness (QED) is 0.158. The molecule has 0 N–H and O–H groups in total. The Kier molecular flexibility index (Phi) is 12.6. The number of hydrogen-bond acceptors (Lipinski definition) is 3. The van der Waals surface area contributed by atoms with E-state index in [-0.39, 0.29) is 23.6 Å². The van der Waals surface area contributed by atoms with Crippen LogP contribution in [0, 0.1) is 17.8 Å². The maximum atomic E-state index is 12.2. The zero-order chi connectivity index (χ0) is 19.9. The van der Waals surface area contributed by atoms with Crippen molar-refractivity contribution in [2.75, 3.05) is 6.61 Å². The van der Waals surface area contributed by atoms with Crippen molar-refractivity contribution in [1.82, 2.24) is 0 Å². The van der Waals surface area contributed by atoms with E-state index in [1.165, 1.54) is 38.5 Å². The van der Waals surface area contributed by atoms with E-state index in [2.05, 4.69) is 18.9 Å². The maximum Gasteiger partial charge on any atom is 0.305 e. The first-order chi connectivity index (χ1) is 13.1. The molecule has 0 aliphatic heterocycles. The summed E-state index contributed by atoms with van der Waals surface area (Å²) in [7, 11) is 0. The number of carbonyl (C=O) groups is 2. The van der Waals surface area contributed by atoms with E-state index in [4.69, 9.17) is 4.74 Å². The maximum absolute atomic E-state index is 12.2. The zero-order valence-corrected chi connectivity index (χ0v) is 17.2. The van der Waals surface area contributed by atoms with Crippen LogP contribution in [0.25, 0.3) is 0 Å². The molecule has 0 aromatic heterocycles. The summed E-state index contributed by atoms with van der Waals surface area (Å²) in [6, 6.07) is 0. The van der Waals surface area contributed by atoms with Gasteiger partial charge in [-0.3, -0.25) is 9.59 Å². The minimum Gasteiger partial charge on any atom is -0.466 e. The second-order valence-corrected chi connectivity index (χ2v) is 7.73. The van der Waals surface area contributed by atoms with Crippen molar-refractivity contribution >= 4 is 11.8 Å². The molecule has 152 valence electrons. The minimum atomic E-state index is -0.165. The fourth-order valence-corrected chi connectivity index (χ4v) is 4.05. The van der Waals surface area contributed by atoms with Crippen molar-refractivity contribution in [3.8, 4) is 0 Å². The molecule has 1 fully saturated rings. The lowest BCUT2D eigenvalue weighted by molar-refractivity contribution is -0.144. The van der Waals surface area contributed by atoms with E-state index < -0.39 is 0 Å². The Bertz CT molecular complexity index is 496. The highest BCUT2D eigenvalue weighted by Gasteiger charge is 2.24. The summed E-state index contributed by atoms with van der Waals surface area (Å²) < 4.78 is 5.39. The average Bonchev–Trinajstić information content (AvgIpc) is 2.70. The van der Waals surface area contributed by atoms with Crippen LogP contribution in [0.2, 0.25) is 0 Å². The molecule has 1 aliphatic rings. The lowest BCUT2D eigenvalue weighted by atomic mass is 9.82. The number of carbonyl (C=O) groups excluding carboxylic acids is 2. The Morgan fingerprint density at radius 1 is 1.22 bits per heavy atom. The molecule has 1 rings (SSSR count). The number of ether oxygens (including phenoxy) is 1. The molecule has 0 spiro atoms. The largest absolute Gasteiger partial charge is 0.466 e. The van der Waals surface area contributed by atoms with E-state index >= 15 is 0 Å². The van der Waals surface area contributed by atoms with Gasteiger partial charge in [-0.2, -0.15) is 0 Å². The molecule has 3 nitrogen and oxygen atoms in total. The second-order valence-electron chi connectivity index (χ2n) is 7.73. The van der Waals surface area contributed by atoms with Crippen LogP contribution in [-0.4, -0.2) is 18.4 Å². The summed E-state index contributed by atoms with van der Waals surface area (Å²) in [5, 5.41) is 0. The fourth-order valence-electron chi connectivity index (χ4n) is 4.05. The Morgan fingerprint density at radius 3 is 2.59 bits per heavy atom. The van der Waals surface area contributed by atoms with Gasteiger partial charge in [0.25, 0.3) is 0 Å². The van der Waals surface area contributed by atoms with E-state index in [9.17, 15) is 9.59 Å². The molecule has 0 amide bonds. The van der Waals surface area contributed by atoms with E-state index in [0.717, 1.165) is 18.8 Å². The van der Waals surface area contributed by atoms with Crippen LogP contribution >= 0.6 is 0 Å². The van der Waals surface area contributed by atoms with Crippen LogP contribution < -0.4 is 0 Å². The molecular formula is C24H38O3. The summed E-state index contributed by atoms with van der Waals surface area (Å²) in [4.78, 5) is 24.2. The van der Waals surface area contributed by atoms with Crippen LogP contribution in [0.4, 0.5) is 0 Å². The molecule has 3 heteroatoms. The Labute approximate surface area is 165 Å². The number of allylic oxidation sites excluding steroid dienone is 2. The molecule has 2 atom stereocenters. The fraction of sp³-hybridized carbons (Fsp3) is 0.708. The van der Waals surface area contributed by atoms with Crippen molar-refractivity contribution in [3.63, 3.8) is 0 Å². The van der Waals surface area contributed by atoms with Gasteiger partial charge in [-0.25, -0.2) is 0 Å². The van der Waals surface area contributed by atoms with Gasteiger partial charge in [-0.05, 0) is 43.6 Å². The van der Waals surface area contributed by atoms with Gasteiger partial charge in [0, 0.05) is 18.8 Å². The Morgan fingerprint density at radius 2 is 1.96 bits per heavy atom. The van der Waals surface area contributed by atoms with E-state index in [1.807, 2.05) is 6.92 Å². The molecule has 1 saturated carbocycles. The summed E-state index contributed by atoms with van der Waals surface area (Å²) in [5.41, 5.74) is 2.73. The molecule has 1 aliphatic carbocycles. The molecule has 0 saturated heterocycles. The lowest BCUT2D eigenvalue weighted by Gasteiger charge is -2.22. The Hall–Kier alpha value is -1.60. The lowest BCUT2D eigenvalue weighted by Crippen LogP contribution is -2.22. The van der Waals surface area contributed by atoms with Gasteiger partial charge in [0.2, 0.25) is 0 Å². The van der Waals surface area contributed by atoms with Gasteiger partial charge in [-0.15, -0.1) is 12.3 Å². The number of esters is 1. The first kappa shape index (κ1) is 23.4. The van der Waals surface area contributed by atoms with E-state index in [1.54, 1.807) is 12.2 Å². The van der Waals surface area contributed by atoms with Gasteiger partial charge >= 0.3 is 5.97 Å². The predicted molar refractivity (Wildman–Crippen MR) is 111 cm³/mol. The molecular weight excluding hydrogens is 336 g/mol. The number of hydrogen-bond donors (Lipinski definition) is 0. The van der Waals surface area contributed by atoms with Crippen LogP contribution in [-0.2, 0) is 14.3 Å². The van der Waals surface area contributed by atoms with Gasteiger partial charge in [0.1, 0.15) is 5.78 Å². The van der Waals surface area contributed by atoms with Crippen molar-refractivity contribution in [2.45, 2.75) is 84.0 Å². The third kappa shape index (κ3) is 9.77. The van der Waals surface area contributed by atoms with E-state index in [0.29, 0.717) is 32.3 Å². The predicted octanol–water partition coefficient (Wildman–Crippen LogP) is 6.19. The number of rotatable bonds is 14. The third-order valence-corrected chi connectivity index (χ3v) is 5.77. The van der Waals surface area contributed by atoms with Gasteiger partial charge in [-0.1, -0.05) is 58.1 Å². The summed E-state index contributed by atoms with van der Waals surface area (Å²) in [5.74, 6) is 0.760. The average molecular weight is 375 g/mol. The van der Waals surface area contributed by atoms with Gasteiger partial charge in [0.15, 0.2) is 0 Å². The summed E-state index contributed by atoms with van der Waals surface area (Å²) in [6.45, 7) is 9.81. The van der Waals surface area contributed by atoms with Crippen LogP contribution in [0.5, 0.6) is 0 Å². The van der Waals surface area contributed by atoms with Crippen LogP contribution in [0.1, 0.15) is 84.0 Å². The molecule has 2 unspecified atom stereocenters. The van der Waals surface area contributed by atoms with Gasteiger partial charge < -0.3 is 4.74 Å². The standard InChI is InChI=1S/C24H38O3/c1-4-7-16-22(23(25)6-3)21(5-2)17-18-24(26)27-19-12-11-15-20-13-9-8-10-14-20/h5,7,20-22H,1-2,6,8-19H2,3H3. The number of Topliss-reactive ketones (excluding diaryl/α,β-unsaturated/α-hetero) is 1. The highest BCUT2D eigenvalue weighted by molar-refractivity contribution is 5.81. The summed E-state index contributed by atoms with van der Waals surface area (Å²) in [6.07, 6.45) is 15.9. The normalized spacial score (nSPS) is 16.8. The monoisotopic (exact) mass is 374 g/mol. The molecule has 0 heterocycles. The number of unbranched alkanes of at least 4 members (excludes halogenated alkanes) is 1. The van der Waals surface area contributed by atoms with Crippen molar-refractivity contribution in [2.24, 2.45) is 17.8 Å². The third-order valence-electron chi connectivity index (χ3n) is 5.77. The summed E-state index contributed by atoms with van der Waals surface area (Å²) >= 11 is 0. The zero-order valence-electron chi connectivity index (χ0n) is 17.2. The number of ketones is 1. The molecule has 0 aromatic rings. The Balaban J connectivity index is 2.25. The topological polar surface area (TPSA) is 43.4 Å². The van der Waals surface area contributed by atoms with Crippen molar-refractivity contribution in [1.29, 1.82) is 0 Å². The second kappa shape index (κ2) is 14.5. The minimum absolute atomic E-state index is 0.0131. The molecule has 27 heavy (non-hydrogen) atoms. The SMILES string of the molecule is C=C=CCC(C(=O)CC)C(C=C)CCC(=O)OCCCCC1CCCCC1. The first-order valence-corrected chi connectivity index (χ1v) is 10.8. The van der Waals surface area contributed by atoms with Gasteiger partial charge in [0.05, 0.1) is 6.61 Å². The van der Waals surface area contributed by atoms with Crippen LogP contribution in [0.3, 0.4) is 0 Å². The van der Waals surface area contributed by atoms with Crippen molar-refractivity contribution in [3.05, 3.63) is 31.0 Å². The molecule has 0 aromatic carbocycles. The van der Waals surface area contributed by atoms with Crippen molar-refractivity contribution < 1.29 is 14.3 Å². The molecule has 0 bridgehead atoms. The molecule has 0 radical (unpaired) electrons. The highest BCUT2D eigenvalue weighted by Crippen LogP contribution is 2.28. The highest BCUT2D eigenvalue weighted by atomic mass is 16.5. The first-order valence-electron chi connectivity index (χ1n) is 10.8. The van der Waals surface area contributed by atoms with Crippen LogP contribution in [0.15, 0.2) is 31.0 Å². The smallest absolute Gasteiger partial charge is 0.305 e.